The van der Waals surface area contributed by atoms with Crippen molar-refractivity contribution < 1.29 is 14.4 Å². The Morgan fingerprint density at radius 1 is 0.931 bits per heavy atom. The van der Waals surface area contributed by atoms with Crippen LogP contribution in [0, 0.1) is 5.92 Å². The van der Waals surface area contributed by atoms with Crippen LogP contribution in [-0.4, -0.2) is 42.1 Å². The molecule has 2 amide bonds. The molecule has 6 heteroatoms. The van der Waals surface area contributed by atoms with Gasteiger partial charge < -0.3 is 9.80 Å². The first kappa shape index (κ1) is 19.6. The third kappa shape index (κ3) is 4.06. The summed E-state index contributed by atoms with van der Waals surface area (Å²) in [6, 6.07) is 14.4. The lowest BCUT2D eigenvalue weighted by molar-refractivity contribution is -0.117. The van der Waals surface area contributed by atoms with Crippen molar-refractivity contribution in [1.82, 2.24) is 4.90 Å². The lowest BCUT2D eigenvalue weighted by atomic mass is 9.88. The molecule has 2 saturated heterocycles. The molecule has 0 aromatic heterocycles. The van der Waals surface area contributed by atoms with Crippen LogP contribution in [0.3, 0.4) is 0 Å². The van der Waals surface area contributed by atoms with Crippen LogP contribution in [0.2, 0.25) is 5.02 Å². The molecular weight excluding hydrogens is 388 g/mol. The van der Waals surface area contributed by atoms with Crippen LogP contribution in [-0.2, 0) is 4.79 Å². The first-order valence-corrected chi connectivity index (χ1v) is 10.4. The Morgan fingerprint density at radius 2 is 1.66 bits per heavy atom. The molecule has 2 aromatic rings. The zero-order valence-electron chi connectivity index (χ0n) is 16.1. The molecule has 0 spiro atoms. The SMILES string of the molecule is O=C(c1ccccc1)C1CCN(C(=O)c2ccc(Cl)c(N3CCCC3=O)c2)CC1. The highest BCUT2D eigenvalue weighted by molar-refractivity contribution is 6.34. The van der Waals surface area contributed by atoms with Crippen molar-refractivity contribution in [2.75, 3.05) is 24.5 Å². The Labute approximate surface area is 175 Å². The molecular formula is C23H23ClN2O3. The summed E-state index contributed by atoms with van der Waals surface area (Å²) < 4.78 is 0. The van der Waals surface area contributed by atoms with Crippen LogP contribution < -0.4 is 4.90 Å². The van der Waals surface area contributed by atoms with Crippen molar-refractivity contribution in [3.63, 3.8) is 0 Å². The van der Waals surface area contributed by atoms with Crippen molar-refractivity contribution in [1.29, 1.82) is 0 Å². The maximum atomic E-state index is 13.0. The van der Waals surface area contributed by atoms with Gasteiger partial charge in [0.2, 0.25) is 5.91 Å². The fourth-order valence-electron chi connectivity index (χ4n) is 4.12. The van der Waals surface area contributed by atoms with E-state index in [2.05, 4.69) is 0 Å². The first-order valence-electron chi connectivity index (χ1n) is 10.0. The number of ketones is 1. The second-order valence-corrected chi connectivity index (χ2v) is 8.02. The van der Waals surface area contributed by atoms with E-state index in [1.165, 1.54) is 0 Å². The van der Waals surface area contributed by atoms with E-state index in [1.807, 2.05) is 30.3 Å². The van der Waals surface area contributed by atoms with Gasteiger partial charge in [-0.15, -0.1) is 0 Å². The van der Waals surface area contributed by atoms with E-state index < -0.39 is 0 Å². The van der Waals surface area contributed by atoms with E-state index in [4.69, 9.17) is 11.6 Å². The molecule has 0 unspecified atom stereocenters. The quantitative estimate of drug-likeness (QED) is 0.710. The molecule has 2 heterocycles. The van der Waals surface area contributed by atoms with Gasteiger partial charge in [-0.25, -0.2) is 0 Å². The van der Waals surface area contributed by atoms with Crippen LogP contribution in [0.4, 0.5) is 5.69 Å². The highest BCUT2D eigenvalue weighted by Gasteiger charge is 2.29. The molecule has 0 N–H and O–H groups in total. The number of Topliss-reactive ketones (excluding diaryl/α,β-unsaturated/α-hetero) is 1. The van der Waals surface area contributed by atoms with Crippen LogP contribution >= 0.6 is 11.6 Å². The van der Waals surface area contributed by atoms with Gasteiger partial charge in [0, 0.05) is 43.1 Å². The lowest BCUT2D eigenvalue weighted by Crippen LogP contribution is -2.40. The lowest BCUT2D eigenvalue weighted by Gasteiger charge is -2.31. The molecule has 0 aliphatic carbocycles. The predicted octanol–water partition coefficient (Wildman–Crippen LogP) is 4.20. The number of carbonyl (C=O) groups excluding carboxylic acids is 3. The molecule has 0 bridgehead atoms. The standard InChI is InChI=1S/C23H23ClN2O3/c24-19-9-8-18(15-20(19)26-12-4-7-21(26)27)23(29)25-13-10-17(11-14-25)22(28)16-5-2-1-3-6-16/h1-3,5-6,8-9,15,17H,4,7,10-14H2. The fraction of sp³-hybridized carbons (Fsp3) is 0.348. The second kappa shape index (κ2) is 8.37. The molecule has 2 aliphatic rings. The van der Waals surface area contributed by atoms with Crippen molar-refractivity contribution >= 4 is 34.9 Å². The number of likely N-dealkylation sites (tertiary alicyclic amines) is 1. The van der Waals surface area contributed by atoms with E-state index in [1.54, 1.807) is 28.0 Å². The van der Waals surface area contributed by atoms with Gasteiger partial charge in [-0.1, -0.05) is 41.9 Å². The molecule has 0 radical (unpaired) electrons. The van der Waals surface area contributed by atoms with Gasteiger partial charge in [-0.3, -0.25) is 14.4 Å². The van der Waals surface area contributed by atoms with Crippen LogP contribution in [0.15, 0.2) is 48.5 Å². The Bertz CT molecular complexity index is 936. The molecule has 0 saturated carbocycles. The van der Waals surface area contributed by atoms with Gasteiger partial charge in [-0.05, 0) is 37.5 Å². The van der Waals surface area contributed by atoms with Crippen molar-refractivity contribution in [3.05, 3.63) is 64.7 Å². The Kier molecular flexibility index (Phi) is 5.67. The molecule has 29 heavy (non-hydrogen) atoms. The summed E-state index contributed by atoms with van der Waals surface area (Å²) >= 11 is 6.29. The summed E-state index contributed by atoms with van der Waals surface area (Å²) in [5.41, 5.74) is 1.86. The molecule has 2 fully saturated rings. The van der Waals surface area contributed by atoms with Gasteiger partial charge in [0.05, 0.1) is 10.7 Å². The zero-order valence-corrected chi connectivity index (χ0v) is 16.9. The monoisotopic (exact) mass is 410 g/mol. The number of hydrogen-bond acceptors (Lipinski definition) is 3. The van der Waals surface area contributed by atoms with E-state index in [0.717, 1.165) is 12.0 Å². The third-order valence-electron chi connectivity index (χ3n) is 5.77. The molecule has 0 atom stereocenters. The van der Waals surface area contributed by atoms with E-state index >= 15 is 0 Å². The van der Waals surface area contributed by atoms with Crippen LogP contribution in [0.25, 0.3) is 0 Å². The topological polar surface area (TPSA) is 57.7 Å². The molecule has 150 valence electrons. The number of piperidine rings is 1. The van der Waals surface area contributed by atoms with Gasteiger partial charge >= 0.3 is 0 Å². The van der Waals surface area contributed by atoms with Crippen LogP contribution in [0.5, 0.6) is 0 Å². The Hall–Kier alpha value is -2.66. The summed E-state index contributed by atoms with van der Waals surface area (Å²) in [5, 5.41) is 0.476. The summed E-state index contributed by atoms with van der Waals surface area (Å²) in [6.07, 6.45) is 2.63. The maximum absolute atomic E-state index is 13.0. The highest BCUT2D eigenvalue weighted by atomic mass is 35.5. The largest absolute Gasteiger partial charge is 0.339 e. The number of carbonyl (C=O) groups is 3. The maximum Gasteiger partial charge on any atom is 0.253 e. The third-order valence-corrected chi connectivity index (χ3v) is 6.09. The van der Waals surface area contributed by atoms with Crippen LogP contribution in [0.1, 0.15) is 46.4 Å². The Balaban J connectivity index is 1.43. The molecule has 2 aromatic carbocycles. The minimum absolute atomic E-state index is 0.0386. The summed E-state index contributed by atoms with van der Waals surface area (Å²) in [4.78, 5) is 41.2. The van der Waals surface area contributed by atoms with Crippen molar-refractivity contribution in [3.8, 4) is 0 Å². The average Bonchev–Trinajstić information content (AvgIpc) is 3.19. The van der Waals surface area contributed by atoms with E-state index in [-0.39, 0.29) is 23.5 Å². The number of nitrogens with zero attached hydrogens (tertiary/aromatic N) is 2. The molecule has 5 nitrogen and oxygen atoms in total. The number of rotatable bonds is 4. The number of hydrogen-bond donors (Lipinski definition) is 0. The number of benzene rings is 2. The molecule has 4 rings (SSSR count). The fourth-order valence-corrected chi connectivity index (χ4v) is 4.34. The highest BCUT2D eigenvalue weighted by Crippen LogP contribution is 2.31. The minimum Gasteiger partial charge on any atom is -0.339 e. The van der Waals surface area contributed by atoms with Gasteiger partial charge in [0.25, 0.3) is 5.91 Å². The normalized spacial score (nSPS) is 17.6. The average molecular weight is 411 g/mol. The Morgan fingerprint density at radius 3 is 2.31 bits per heavy atom. The van der Waals surface area contributed by atoms with Gasteiger partial charge in [0.1, 0.15) is 0 Å². The van der Waals surface area contributed by atoms with E-state index in [9.17, 15) is 14.4 Å². The smallest absolute Gasteiger partial charge is 0.253 e. The van der Waals surface area contributed by atoms with Crippen molar-refractivity contribution in [2.45, 2.75) is 25.7 Å². The summed E-state index contributed by atoms with van der Waals surface area (Å²) in [5.74, 6) is 0.0559. The first-order chi connectivity index (χ1) is 14.0. The number of halogens is 1. The van der Waals surface area contributed by atoms with E-state index in [0.29, 0.717) is 55.2 Å². The summed E-state index contributed by atoms with van der Waals surface area (Å²) in [7, 11) is 0. The van der Waals surface area contributed by atoms with Crippen molar-refractivity contribution in [2.24, 2.45) is 5.92 Å². The number of anilines is 1. The van der Waals surface area contributed by atoms with Gasteiger partial charge in [-0.2, -0.15) is 0 Å². The minimum atomic E-state index is -0.0832. The second-order valence-electron chi connectivity index (χ2n) is 7.61. The number of amides is 2. The predicted molar refractivity (Wildman–Crippen MR) is 112 cm³/mol. The van der Waals surface area contributed by atoms with Gasteiger partial charge in [0.15, 0.2) is 5.78 Å². The summed E-state index contributed by atoms with van der Waals surface area (Å²) in [6.45, 7) is 1.72. The molecule has 2 aliphatic heterocycles. The zero-order chi connectivity index (χ0) is 20.4.